The number of nitrogens with zero attached hydrogens (tertiary/aromatic N) is 2. The van der Waals surface area contributed by atoms with E-state index in [1.54, 1.807) is 12.1 Å². The molecule has 0 amide bonds. The molecule has 0 atom stereocenters. The highest BCUT2D eigenvalue weighted by Gasteiger charge is 2.30. The molecule has 0 radical (unpaired) electrons. The fraction of sp³-hybridized carbons (Fsp3) is 0.385. The predicted molar refractivity (Wildman–Crippen MR) is 68.4 cm³/mol. The molecule has 0 spiro atoms. The highest BCUT2D eigenvalue weighted by Crippen LogP contribution is 2.35. The molecule has 18 heavy (non-hydrogen) atoms. The van der Waals surface area contributed by atoms with E-state index in [1.807, 2.05) is 0 Å². The van der Waals surface area contributed by atoms with Crippen molar-refractivity contribution in [3.8, 4) is 6.07 Å². The van der Waals surface area contributed by atoms with Crippen molar-refractivity contribution in [3.63, 3.8) is 0 Å². The highest BCUT2D eigenvalue weighted by atomic mass is 16.4. The number of nitriles is 1. The van der Waals surface area contributed by atoms with E-state index in [4.69, 9.17) is 16.1 Å². The van der Waals surface area contributed by atoms with Crippen LogP contribution in [0.25, 0.3) is 0 Å². The van der Waals surface area contributed by atoms with Gasteiger partial charge >= 0.3 is 5.97 Å². The summed E-state index contributed by atoms with van der Waals surface area (Å²) < 4.78 is 0. The van der Waals surface area contributed by atoms with Crippen molar-refractivity contribution in [3.05, 3.63) is 23.8 Å². The Balaban J connectivity index is 2.25. The minimum Gasteiger partial charge on any atom is -0.478 e. The largest absolute Gasteiger partial charge is 0.478 e. The molecule has 1 fully saturated rings. The first-order valence-corrected chi connectivity index (χ1v) is 5.90. The number of carboxylic acids is 1. The van der Waals surface area contributed by atoms with Gasteiger partial charge in [0, 0.05) is 12.6 Å². The maximum Gasteiger partial charge on any atom is 0.335 e. The van der Waals surface area contributed by atoms with Crippen molar-refractivity contribution in [2.45, 2.75) is 25.3 Å². The molecular weight excluding hydrogens is 230 g/mol. The fourth-order valence-corrected chi connectivity index (χ4v) is 2.01. The van der Waals surface area contributed by atoms with Gasteiger partial charge in [-0.1, -0.05) is 0 Å². The zero-order valence-electron chi connectivity index (χ0n) is 9.97. The van der Waals surface area contributed by atoms with Gasteiger partial charge in [0.05, 0.1) is 29.4 Å². The van der Waals surface area contributed by atoms with Crippen molar-refractivity contribution in [1.82, 2.24) is 0 Å². The summed E-state index contributed by atoms with van der Waals surface area (Å²) in [6.07, 6.45) is 2.65. The van der Waals surface area contributed by atoms with Crippen LogP contribution in [0.15, 0.2) is 18.2 Å². The Morgan fingerprint density at radius 2 is 2.28 bits per heavy atom. The van der Waals surface area contributed by atoms with E-state index in [2.05, 4.69) is 11.0 Å². The summed E-state index contributed by atoms with van der Waals surface area (Å²) in [5.74, 6) is -0.983. The van der Waals surface area contributed by atoms with E-state index in [9.17, 15) is 4.79 Å². The van der Waals surface area contributed by atoms with Crippen LogP contribution in [0.2, 0.25) is 0 Å². The van der Waals surface area contributed by atoms with Crippen LogP contribution in [0.1, 0.15) is 29.6 Å². The number of hydrogen-bond acceptors (Lipinski definition) is 4. The fourth-order valence-electron chi connectivity index (χ4n) is 2.01. The normalized spacial score (nSPS) is 13.9. The van der Waals surface area contributed by atoms with Gasteiger partial charge in [0.1, 0.15) is 0 Å². The summed E-state index contributed by atoms with van der Waals surface area (Å²) in [6, 6.07) is 7.32. The van der Waals surface area contributed by atoms with Crippen LogP contribution in [0.3, 0.4) is 0 Å². The van der Waals surface area contributed by atoms with Gasteiger partial charge in [0.15, 0.2) is 0 Å². The van der Waals surface area contributed by atoms with Gasteiger partial charge in [-0.25, -0.2) is 4.79 Å². The van der Waals surface area contributed by atoms with Crippen molar-refractivity contribution in [2.75, 3.05) is 17.2 Å². The monoisotopic (exact) mass is 245 g/mol. The molecule has 1 aliphatic carbocycles. The van der Waals surface area contributed by atoms with Crippen LogP contribution in [0, 0.1) is 11.3 Å². The first kappa shape index (κ1) is 12.2. The Morgan fingerprint density at radius 3 is 2.78 bits per heavy atom. The number of rotatable bonds is 5. The number of anilines is 2. The van der Waals surface area contributed by atoms with Crippen LogP contribution in [-0.2, 0) is 0 Å². The molecule has 1 aromatic rings. The maximum atomic E-state index is 10.8. The summed E-state index contributed by atoms with van der Waals surface area (Å²) in [4.78, 5) is 12.9. The second-order valence-corrected chi connectivity index (χ2v) is 4.41. The third-order valence-electron chi connectivity index (χ3n) is 3.04. The quantitative estimate of drug-likeness (QED) is 0.772. The second-order valence-electron chi connectivity index (χ2n) is 4.41. The molecule has 0 aromatic heterocycles. The van der Waals surface area contributed by atoms with Gasteiger partial charge in [0.25, 0.3) is 0 Å². The van der Waals surface area contributed by atoms with Gasteiger partial charge in [0.2, 0.25) is 0 Å². The lowest BCUT2D eigenvalue weighted by atomic mass is 10.1. The van der Waals surface area contributed by atoms with E-state index in [0.29, 0.717) is 24.7 Å². The van der Waals surface area contributed by atoms with Gasteiger partial charge < -0.3 is 15.7 Å². The average Bonchev–Trinajstić information content (AvgIpc) is 3.15. The second kappa shape index (κ2) is 4.96. The zero-order valence-corrected chi connectivity index (χ0v) is 9.97. The molecule has 0 aliphatic heterocycles. The molecule has 94 valence electrons. The molecule has 5 nitrogen and oxygen atoms in total. The molecule has 3 N–H and O–H groups in total. The first-order chi connectivity index (χ1) is 8.63. The molecule has 2 rings (SSSR count). The molecule has 0 unspecified atom stereocenters. The number of carbonyl (C=O) groups is 1. The molecule has 0 saturated heterocycles. The maximum absolute atomic E-state index is 10.8. The van der Waals surface area contributed by atoms with E-state index in [-0.39, 0.29) is 5.56 Å². The standard InChI is InChI=1S/C13H15N3O2/c14-6-1-7-16(10-3-4-10)12-5-2-9(13(17)18)8-11(12)15/h2,5,8,10H,1,3-4,7,15H2,(H,17,18). The highest BCUT2D eigenvalue weighted by molar-refractivity contribution is 5.90. The van der Waals surface area contributed by atoms with Gasteiger partial charge in [-0.3, -0.25) is 0 Å². The number of carboxylic acid groups (broad SMARTS) is 1. The van der Waals surface area contributed by atoms with Crippen LogP contribution < -0.4 is 10.6 Å². The van der Waals surface area contributed by atoms with Crippen molar-refractivity contribution in [2.24, 2.45) is 0 Å². The Kier molecular flexibility index (Phi) is 3.38. The Hall–Kier alpha value is -2.22. The van der Waals surface area contributed by atoms with E-state index < -0.39 is 5.97 Å². The first-order valence-electron chi connectivity index (χ1n) is 5.90. The van der Waals surface area contributed by atoms with Crippen LogP contribution in [0.4, 0.5) is 11.4 Å². The van der Waals surface area contributed by atoms with Gasteiger partial charge in [-0.05, 0) is 31.0 Å². The topological polar surface area (TPSA) is 90.3 Å². The molecule has 0 bridgehead atoms. The van der Waals surface area contributed by atoms with E-state index >= 15 is 0 Å². The van der Waals surface area contributed by atoms with Crippen LogP contribution >= 0.6 is 0 Å². The minimum atomic E-state index is -0.983. The smallest absolute Gasteiger partial charge is 0.335 e. The van der Waals surface area contributed by atoms with Crippen molar-refractivity contribution < 1.29 is 9.90 Å². The molecule has 1 aromatic carbocycles. The Bertz CT molecular complexity index is 503. The summed E-state index contributed by atoms with van der Waals surface area (Å²) in [6.45, 7) is 0.637. The van der Waals surface area contributed by atoms with Crippen LogP contribution in [-0.4, -0.2) is 23.7 Å². The third-order valence-corrected chi connectivity index (χ3v) is 3.04. The summed E-state index contributed by atoms with van der Waals surface area (Å²) in [7, 11) is 0. The van der Waals surface area contributed by atoms with Gasteiger partial charge in [-0.15, -0.1) is 0 Å². The lowest BCUT2D eigenvalue weighted by molar-refractivity contribution is 0.0697. The number of aromatic carboxylic acids is 1. The Labute approximate surface area is 105 Å². The predicted octanol–water partition coefficient (Wildman–Crippen LogP) is 1.85. The summed E-state index contributed by atoms with van der Waals surface area (Å²) in [5.41, 5.74) is 7.39. The van der Waals surface area contributed by atoms with Crippen molar-refractivity contribution in [1.29, 1.82) is 5.26 Å². The van der Waals surface area contributed by atoms with Crippen molar-refractivity contribution >= 4 is 17.3 Å². The minimum absolute atomic E-state index is 0.187. The Morgan fingerprint density at radius 1 is 1.56 bits per heavy atom. The molecular formula is C13H15N3O2. The number of nitrogen functional groups attached to an aromatic ring is 1. The SMILES string of the molecule is N#CCCN(c1ccc(C(=O)O)cc1N)C1CC1. The molecule has 5 heteroatoms. The molecule has 1 aliphatic rings. The lowest BCUT2D eigenvalue weighted by Gasteiger charge is -2.25. The molecule has 1 saturated carbocycles. The summed E-state index contributed by atoms with van der Waals surface area (Å²) >= 11 is 0. The van der Waals surface area contributed by atoms with E-state index in [0.717, 1.165) is 18.5 Å². The number of nitrogens with two attached hydrogens (primary N) is 1. The zero-order chi connectivity index (χ0) is 13.1. The lowest BCUT2D eigenvalue weighted by Crippen LogP contribution is -2.27. The van der Waals surface area contributed by atoms with E-state index in [1.165, 1.54) is 6.07 Å². The number of benzene rings is 1. The number of hydrogen-bond donors (Lipinski definition) is 2. The summed E-state index contributed by atoms with van der Waals surface area (Å²) in [5, 5.41) is 17.6. The van der Waals surface area contributed by atoms with Crippen LogP contribution in [0.5, 0.6) is 0 Å². The van der Waals surface area contributed by atoms with Gasteiger partial charge in [-0.2, -0.15) is 5.26 Å². The third kappa shape index (κ3) is 2.54. The average molecular weight is 245 g/mol. The molecule has 0 heterocycles.